The van der Waals surface area contributed by atoms with Gasteiger partial charge in [-0.3, -0.25) is 9.59 Å². The smallest absolute Gasteiger partial charge is 0.224 e. The zero-order valence-corrected chi connectivity index (χ0v) is 15.1. The molecule has 0 radical (unpaired) electrons. The normalized spacial score (nSPS) is 14.7. The molecule has 1 aromatic heterocycles. The number of benzene rings is 1. The van der Waals surface area contributed by atoms with Crippen LogP contribution in [0.15, 0.2) is 42.7 Å². The van der Waals surface area contributed by atoms with Gasteiger partial charge < -0.3 is 10.2 Å². The number of hydrogen-bond donors (Lipinski definition) is 1. The Bertz CT molecular complexity index is 718. The number of nitrogens with zero attached hydrogens (tertiary/aromatic N) is 3. The van der Waals surface area contributed by atoms with Gasteiger partial charge in [-0.2, -0.15) is 5.10 Å². The Morgan fingerprint density at radius 3 is 2.50 bits per heavy atom. The highest BCUT2D eigenvalue weighted by molar-refractivity contribution is 5.80. The molecular weight excluding hydrogens is 328 g/mol. The molecule has 6 nitrogen and oxygen atoms in total. The molecule has 0 atom stereocenters. The minimum absolute atomic E-state index is 0.0821. The standard InChI is InChI=1S/C20H26N4O2/c25-19(21-11-10-20(26)23-12-6-1-2-7-13-23)14-17-15-22-24(16-17)18-8-4-3-5-9-18/h3-5,8-9,15-16H,1-2,6-7,10-14H2,(H,21,25). The van der Waals surface area contributed by atoms with E-state index < -0.39 is 0 Å². The van der Waals surface area contributed by atoms with Crippen LogP contribution in [-0.2, 0) is 16.0 Å². The van der Waals surface area contributed by atoms with Crippen LogP contribution in [0.2, 0.25) is 0 Å². The maximum absolute atomic E-state index is 12.2. The lowest BCUT2D eigenvalue weighted by Crippen LogP contribution is -2.35. The van der Waals surface area contributed by atoms with Crippen LogP contribution in [0.3, 0.4) is 0 Å². The first-order valence-corrected chi connectivity index (χ1v) is 9.36. The fraction of sp³-hybridized carbons (Fsp3) is 0.450. The van der Waals surface area contributed by atoms with Crippen molar-refractivity contribution >= 4 is 11.8 Å². The number of nitrogens with one attached hydrogen (secondary N) is 1. The van der Waals surface area contributed by atoms with Gasteiger partial charge in [0.25, 0.3) is 0 Å². The molecule has 26 heavy (non-hydrogen) atoms. The van der Waals surface area contributed by atoms with E-state index in [1.165, 1.54) is 12.8 Å². The summed E-state index contributed by atoms with van der Waals surface area (Å²) in [4.78, 5) is 26.2. The maximum atomic E-state index is 12.2. The van der Waals surface area contributed by atoms with Gasteiger partial charge in [0, 0.05) is 32.3 Å². The van der Waals surface area contributed by atoms with Crippen molar-refractivity contribution in [3.8, 4) is 5.69 Å². The number of likely N-dealkylation sites (tertiary alicyclic amines) is 1. The summed E-state index contributed by atoms with van der Waals surface area (Å²) in [7, 11) is 0. The molecule has 0 bridgehead atoms. The van der Waals surface area contributed by atoms with Gasteiger partial charge in [0.1, 0.15) is 0 Å². The highest BCUT2D eigenvalue weighted by atomic mass is 16.2. The summed E-state index contributed by atoms with van der Waals surface area (Å²) in [6.45, 7) is 2.10. The second kappa shape index (κ2) is 9.17. The highest BCUT2D eigenvalue weighted by Gasteiger charge is 2.15. The first kappa shape index (κ1) is 18.2. The van der Waals surface area contributed by atoms with E-state index in [0.29, 0.717) is 13.0 Å². The number of para-hydroxylation sites is 1. The van der Waals surface area contributed by atoms with Crippen molar-refractivity contribution in [3.05, 3.63) is 48.3 Å². The summed E-state index contributed by atoms with van der Waals surface area (Å²) < 4.78 is 1.76. The van der Waals surface area contributed by atoms with E-state index in [1.54, 1.807) is 10.9 Å². The molecule has 138 valence electrons. The predicted molar refractivity (Wildman–Crippen MR) is 99.9 cm³/mol. The molecule has 0 saturated carbocycles. The summed E-state index contributed by atoms with van der Waals surface area (Å²) in [5.74, 6) is 0.0605. The quantitative estimate of drug-likeness (QED) is 0.866. The third-order valence-electron chi connectivity index (χ3n) is 4.64. The molecule has 1 fully saturated rings. The second-order valence-corrected chi connectivity index (χ2v) is 6.70. The average molecular weight is 354 g/mol. The maximum Gasteiger partial charge on any atom is 0.224 e. The van der Waals surface area contributed by atoms with Crippen LogP contribution in [0.4, 0.5) is 0 Å². The number of carbonyl (C=O) groups is 2. The molecule has 1 aliphatic heterocycles. The van der Waals surface area contributed by atoms with Crippen molar-refractivity contribution in [2.45, 2.75) is 38.5 Å². The zero-order valence-electron chi connectivity index (χ0n) is 15.1. The number of amides is 2. The molecule has 2 aromatic rings. The van der Waals surface area contributed by atoms with Crippen LogP contribution < -0.4 is 5.32 Å². The summed E-state index contributed by atoms with van der Waals surface area (Å²) >= 11 is 0. The van der Waals surface area contributed by atoms with Gasteiger partial charge in [-0.15, -0.1) is 0 Å². The first-order chi connectivity index (χ1) is 12.7. The SMILES string of the molecule is O=C(Cc1cnn(-c2ccccc2)c1)NCCC(=O)N1CCCCCC1. The molecular formula is C20H26N4O2. The molecule has 6 heteroatoms. The molecule has 0 unspecified atom stereocenters. The van der Waals surface area contributed by atoms with Crippen molar-refractivity contribution in [2.24, 2.45) is 0 Å². The Kier molecular flexibility index (Phi) is 6.41. The van der Waals surface area contributed by atoms with E-state index in [4.69, 9.17) is 0 Å². The lowest BCUT2D eigenvalue weighted by atomic mass is 10.2. The highest BCUT2D eigenvalue weighted by Crippen LogP contribution is 2.11. The van der Waals surface area contributed by atoms with Gasteiger partial charge in [-0.25, -0.2) is 4.68 Å². The van der Waals surface area contributed by atoms with Gasteiger partial charge in [0.05, 0.1) is 18.3 Å². The van der Waals surface area contributed by atoms with Crippen molar-refractivity contribution in [2.75, 3.05) is 19.6 Å². The molecule has 2 heterocycles. The fourth-order valence-corrected chi connectivity index (χ4v) is 3.21. The van der Waals surface area contributed by atoms with Gasteiger partial charge in [0.15, 0.2) is 0 Å². The number of rotatable bonds is 6. The minimum Gasteiger partial charge on any atom is -0.355 e. The van der Waals surface area contributed by atoms with Crippen molar-refractivity contribution < 1.29 is 9.59 Å². The van der Waals surface area contributed by atoms with Gasteiger partial charge in [-0.05, 0) is 30.5 Å². The Hall–Kier alpha value is -2.63. The minimum atomic E-state index is -0.0821. The molecule has 1 N–H and O–H groups in total. The third-order valence-corrected chi connectivity index (χ3v) is 4.64. The topological polar surface area (TPSA) is 67.2 Å². The van der Waals surface area contributed by atoms with Crippen LogP contribution in [-0.4, -0.2) is 46.1 Å². The molecule has 2 amide bonds. The number of hydrogen-bond acceptors (Lipinski definition) is 3. The predicted octanol–water partition coefficient (Wildman–Crippen LogP) is 2.32. The van der Waals surface area contributed by atoms with Crippen LogP contribution in [0.5, 0.6) is 0 Å². The van der Waals surface area contributed by atoms with Gasteiger partial charge >= 0.3 is 0 Å². The Morgan fingerprint density at radius 1 is 1.04 bits per heavy atom. The Morgan fingerprint density at radius 2 is 1.77 bits per heavy atom. The third kappa shape index (κ3) is 5.18. The lowest BCUT2D eigenvalue weighted by Gasteiger charge is -2.20. The van der Waals surface area contributed by atoms with E-state index in [0.717, 1.165) is 37.2 Å². The Labute approximate surface area is 154 Å². The molecule has 1 saturated heterocycles. The van der Waals surface area contributed by atoms with Crippen LogP contribution in [0.25, 0.3) is 5.69 Å². The van der Waals surface area contributed by atoms with E-state index in [-0.39, 0.29) is 18.2 Å². The van der Waals surface area contributed by atoms with E-state index in [1.807, 2.05) is 41.4 Å². The van der Waals surface area contributed by atoms with Gasteiger partial charge in [-0.1, -0.05) is 31.0 Å². The van der Waals surface area contributed by atoms with E-state index >= 15 is 0 Å². The van der Waals surface area contributed by atoms with E-state index in [2.05, 4.69) is 10.4 Å². The monoisotopic (exact) mass is 354 g/mol. The molecule has 1 aromatic carbocycles. The first-order valence-electron chi connectivity index (χ1n) is 9.36. The van der Waals surface area contributed by atoms with Crippen LogP contribution in [0, 0.1) is 0 Å². The average Bonchev–Trinajstić information content (AvgIpc) is 2.94. The molecule has 1 aliphatic rings. The molecule has 3 rings (SSSR count). The zero-order chi connectivity index (χ0) is 18.2. The summed E-state index contributed by atoms with van der Waals surface area (Å²) in [6.07, 6.45) is 8.79. The lowest BCUT2D eigenvalue weighted by molar-refractivity contribution is -0.131. The molecule has 0 spiro atoms. The summed E-state index contributed by atoms with van der Waals surface area (Å²) in [5, 5.41) is 7.14. The largest absolute Gasteiger partial charge is 0.355 e. The fourth-order valence-electron chi connectivity index (χ4n) is 3.21. The summed E-state index contributed by atoms with van der Waals surface area (Å²) in [5.41, 5.74) is 1.81. The van der Waals surface area contributed by atoms with E-state index in [9.17, 15) is 9.59 Å². The number of carbonyl (C=O) groups excluding carboxylic acids is 2. The van der Waals surface area contributed by atoms with Gasteiger partial charge in [0.2, 0.25) is 11.8 Å². The summed E-state index contributed by atoms with van der Waals surface area (Å²) in [6, 6.07) is 9.78. The Balaban J connectivity index is 1.41. The van der Waals surface area contributed by atoms with Crippen LogP contribution >= 0.6 is 0 Å². The number of aromatic nitrogens is 2. The van der Waals surface area contributed by atoms with Crippen LogP contribution in [0.1, 0.15) is 37.7 Å². The molecule has 0 aliphatic carbocycles. The van der Waals surface area contributed by atoms with Crippen molar-refractivity contribution in [3.63, 3.8) is 0 Å². The van der Waals surface area contributed by atoms with Crippen molar-refractivity contribution in [1.82, 2.24) is 20.0 Å². The second-order valence-electron chi connectivity index (χ2n) is 6.70. The van der Waals surface area contributed by atoms with Crippen molar-refractivity contribution in [1.29, 1.82) is 0 Å².